The fraction of sp³-hybridized carbons (Fsp3) is 0.764. The molecule has 0 aliphatic rings. The van der Waals surface area contributed by atoms with Gasteiger partial charge in [-0.2, -0.15) is 0 Å². The van der Waals surface area contributed by atoms with Crippen molar-refractivity contribution in [1.82, 2.24) is 0 Å². The topological polar surface area (TPSA) is 111 Å². The van der Waals surface area contributed by atoms with Crippen LogP contribution in [0.15, 0.2) is 85.1 Å². The van der Waals surface area contributed by atoms with Gasteiger partial charge in [-0.15, -0.1) is 0 Å². The highest BCUT2D eigenvalue weighted by Crippen LogP contribution is 2.17. The molecule has 0 spiro atoms. The van der Waals surface area contributed by atoms with E-state index >= 15 is 0 Å². The van der Waals surface area contributed by atoms with E-state index in [1.807, 2.05) is 21.1 Å². The molecular weight excluding hydrogens is 1010 g/mol. The first-order chi connectivity index (χ1) is 39.6. The van der Waals surface area contributed by atoms with Gasteiger partial charge in [0.2, 0.25) is 0 Å². The van der Waals surface area contributed by atoms with Gasteiger partial charge >= 0.3 is 11.9 Å². The van der Waals surface area contributed by atoms with Crippen LogP contribution in [0.4, 0.5) is 0 Å². The maximum Gasteiger partial charge on any atom is 0.306 e. The lowest BCUT2D eigenvalue weighted by molar-refractivity contribution is -0.870. The number of hydrogen-bond donors (Lipinski definition) is 0. The van der Waals surface area contributed by atoms with Gasteiger partial charge in [0, 0.05) is 12.8 Å². The molecule has 0 aromatic rings. The fourth-order valence-electron chi connectivity index (χ4n) is 9.48. The monoisotopic (exact) mass is 1130 g/mol. The first kappa shape index (κ1) is 77.5. The van der Waals surface area contributed by atoms with Gasteiger partial charge in [-0.05, 0) is 89.9 Å². The van der Waals surface area contributed by atoms with Gasteiger partial charge < -0.3 is 33.3 Å². The summed E-state index contributed by atoms with van der Waals surface area (Å²) in [4.78, 5) is 37.4. The second-order valence-corrected chi connectivity index (χ2v) is 23.7. The van der Waals surface area contributed by atoms with E-state index in [0.717, 1.165) is 70.6 Å². The first-order valence-corrected chi connectivity index (χ1v) is 33.7. The lowest BCUT2D eigenvalue weighted by Crippen LogP contribution is -2.44. The molecule has 0 aliphatic carbocycles. The van der Waals surface area contributed by atoms with Crippen LogP contribution >= 0.6 is 0 Å². The molecule has 0 rings (SSSR count). The van der Waals surface area contributed by atoms with Crippen molar-refractivity contribution >= 4 is 17.9 Å². The van der Waals surface area contributed by atoms with Crippen molar-refractivity contribution < 1.29 is 42.9 Å². The highest BCUT2D eigenvalue weighted by molar-refractivity contribution is 5.70. The summed E-state index contributed by atoms with van der Waals surface area (Å²) in [6, 6.07) is 0. The Hall–Kier alpha value is -3.53. The average molecular weight is 1130 g/mol. The Morgan fingerprint density at radius 2 is 0.704 bits per heavy atom. The fourth-order valence-corrected chi connectivity index (χ4v) is 9.48. The van der Waals surface area contributed by atoms with E-state index in [4.69, 9.17) is 18.9 Å². The number of carboxylic acid groups (broad SMARTS) is 1. The minimum absolute atomic E-state index is 0.146. The molecule has 0 aliphatic heterocycles. The van der Waals surface area contributed by atoms with Crippen molar-refractivity contribution in [1.29, 1.82) is 0 Å². The molecule has 0 bridgehead atoms. The summed E-state index contributed by atoms with van der Waals surface area (Å²) in [7, 11) is 5.93. The Morgan fingerprint density at radius 3 is 1.05 bits per heavy atom. The summed E-state index contributed by atoms with van der Waals surface area (Å²) in [6.07, 6.45) is 80.9. The molecule has 2 atom stereocenters. The molecule has 9 nitrogen and oxygen atoms in total. The number of hydrogen-bond acceptors (Lipinski definition) is 8. The summed E-state index contributed by atoms with van der Waals surface area (Å²) in [5.41, 5.74) is 0. The number of esters is 2. The van der Waals surface area contributed by atoms with Gasteiger partial charge in [-0.1, -0.05) is 279 Å². The maximum atomic E-state index is 12.9. The Balaban J connectivity index is 4.04. The second kappa shape index (κ2) is 62.5. The van der Waals surface area contributed by atoms with Crippen molar-refractivity contribution in [3.8, 4) is 0 Å². The van der Waals surface area contributed by atoms with Crippen LogP contribution in [0.3, 0.4) is 0 Å². The molecule has 0 saturated carbocycles. The lowest BCUT2D eigenvalue weighted by atomic mass is 10.0. The van der Waals surface area contributed by atoms with Crippen LogP contribution in [0.2, 0.25) is 0 Å². The molecular formula is C72H127NO8. The Morgan fingerprint density at radius 1 is 0.383 bits per heavy atom. The number of rotatable bonds is 62. The van der Waals surface area contributed by atoms with Crippen molar-refractivity contribution in [2.24, 2.45) is 0 Å². The quantitative estimate of drug-likeness (QED) is 0.0195. The van der Waals surface area contributed by atoms with Gasteiger partial charge in [0.15, 0.2) is 12.4 Å². The van der Waals surface area contributed by atoms with Crippen molar-refractivity contribution in [2.45, 2.75) is 309 Å². The highest BCUT2D eigenvalue weighted by Gasteiger charge is 2.22. The number of ether oxygens (including phenoxy) is 4. The first-order valence-electron chi connectivity index (χ1n) is 33.7. The van der Waals surface area contributed by atoms with E-state index in [1.165, 1.54) is 193 Å². The highest BCUT2D eigenvalue weighted by atomic mass is 16.7. The predicted octanol–water partition coefficient (Wildman–Crippen LogP) is 19.4. The van der Waals surface area contributed by atoms with E-state index in [9.17, 15) is 19.5 Å². The standard InChI is InChI=1S/C72H127NO8/c1-6-8-10-12-14-16-18-20-22-24-26-27-28-29-30-31-32-33-34-35-36-37-38-39-40-41-42-43-45-47-49-51-53-55-57-59-61-63-70(75)81-68(67-80-72(71(76)77)78-65-64-73(3,4)5)66-79-69(74)62-60-58-56-54-52-50-48-46-44-25-23-21-19-17-15-13-11-9-7-2/h8,10,14-17,20-23,26-27,29-30,68,72H,6-7,9,11-13,18-19,24-25,28,31-67H2,1-5H3/b10-8-,16-14-,17-15-,22-20-,23-21-,27-26-,30-29-. The van der Waals surface area contributed by atoms with Crippen molar-refractivity contribution in [3.63, 3.8) is 0 Å². The zero-order chi connectivity index (χ0) is 59.1. The van der Waals surface area contributed by atoms with E-state index in [2.05, 4.69) is 98.9 Å². The summed E-state index contributed by atoms with van der Waals surface area (Å²) in [6.45, 7) is 4.63. The summed E-state index contributed by atoms with van der Waals surface area (Å²) >= 11 is 0. The third-order valence-electron chi connectivity index (χ3n) is 14.6. The largest absolute Gasteiger partial charge is 0.545 e. The molecule has 0 saturated heterocycles. The Bertz CT molecular complexity index is 1600. The third-order valence-corrected chi connectivity index (χ3v) is 14.6. The van der Waals surface area contributed by atoms with Crippen LogP contribution in [0.25, 0.3) is 0 Å². The molecule has 468 valence electrons. The van der Waals surface area contributed by atoms with Crippen LogP contribution in [0.5, 0.6) is 0 Å². The zero-order valence-electron chi connectivity index (χ0n) is 53.4. The number of unbranched alkanes of at least 4 members (excludes halogenated alkanes) is 33. The van der Waals surface area contributed by atoms with Crippen LogP contribution in [0, 0.1) is 0 Å². The average Bonchev–Trinajstić information content (AvgIpc) is 3.44. The van der Waals surface area contributed by atoms with E-state index in [1.54, 1.807) is 0 Å². The van der Waals surface area contributed by atoms with Gasteiger partial charge in [0.05, 0.1) is 40.3 Å². The van der Waals surface area contributed by atoms with Crippen molar-refractivity contribution in [2.75, 3.05) is 47.5 Å². The Labute approximate surface area is 500 Å². The third kappa shape index (κ3) is 63.9. The van der Waals surface area contributed by atoms with E-state index in [-0.39, 0.29) is 38.6 Å². The van der Waals surface area contributed by atoms with E-state index in [0.29, 0.717) is 17.4 Å². The molecule has 81 heavy (non-hydrogen) atoms. The molecule has 0 heterocycles. The van der Waals surface area contributed by atoms with Gasteiger partial charge in [0.1, 0.15) is 13.2 Å². The van der Waals surface area contributed by atoms with Gasteiger partial charge in [0.25, 0.3) is 0 Å². The molecule has 0 aromatic carbocycles. The number of aliphatic carboxylic acids is 1. The molecule has 0 N–H and O–H groups in total. The SMILES string of the molecule is CC/C=C\C/C=C\C/C=C\C/C=C\C/C=C\CCCCCCCCCCCCCCCCCCCCCCCC(=O)OC(COC(=O)CCCCCCCCCCC/C=C\C/C=C\CCCCC)COC(OCC[N+](C)(C)C)C(=O)[O-]. The number of allylic oxidation sites excluding steroid dienone is 14. The van der Waals surface area contributed by atoms with Gasteiger partial charge in [-0.3, -0.25) is 9.59 Å². The second-order valence-electron chi connectivity index (χ2n) is 23.7. The molecule has 9 heteroatoms. The number of quaternary nitrogens is 1. The van der Waals surface area contributed by atoms with Crippen LogP contribution in [-0.2, 0) is 33.3 Å². The lowest BCUT2D eigenvalue weighted by Gasteiger charge is -2.26. The smallest absolute Gasteiger partial charge is 0.306 e. The number of carboxylic acids is 1. The summed E-state index contributed by atoms with van der Waals surface area (Å²) < 4.78 is 22.8. The molecule has 0 radical (unpaired) electrons. The normalized spacial score (nSPS) is 13.2. The zero-order valence-corrected chi connectivity index (χ0v) is 53.4. The maximum absolute atomic E-state index is 12.9. The summed E-state index contributed by atoms with van der Waals surface area (Å²) in [5, 5.41) is 11.8. The molecule has 0 aromatic heterocycles. The van der Waals surface area contributed by atoms with Crippen LogP contribution in [-0.4, -0.2) is 82.3 Å². The van der Waals surface area contributed by atoms with E-state index < -0.39 is 24.3 Å². The van der Waals surface area contributed by atoms with Crippen LogP contribution < -0.4 is 5.11 Å². The number of nitrogens with zero attached hydrogens (tertiary/aromatic N) is 1. The molecule has 0 fully saturated rings. The number of carbonyl (C=O) groups excluding carboxylic acids is 3. The number of carbonyl (C=O) groups is 3. The minimum atomic E-state index is -1.62. The predicted molar refractivity (Wildman–Crippen MR) is 343 cm³/mol. The molecule has 2 unspecified atom stereocenters. The minimum Gasteiger partial charge on any atom is -0.545 e. The molecule has 0 amide bonds. The number of likely N-dealkylation sites (N-methyl/N-ethyl adjacent to an activating group) is 1. The Kier molecular flexibility index (Phi) is 59.8. The van der Waals surface area contributed by atoms with Gasteiger partial charge in [-0.25, -0.2) is 0 Å². The van der Waals surface area contributed by atoms with Crippen molar-refractivity contribution in [3.05, 3.63) is 85.1 Å². The van der Waals surface area contributed by atoms with Crippen LogP contribution in [0.1, 0.15) is 296 Å². The summed E-state index contributed by atoms with van der Waals surface area (Å²) in [5.74, 6) is -2.28.